The zero-order chi connectivity index (χ0) is 13.2. The molecule has 0 heterocycles. The van der Waals surface area contributed by atoms with Crippen LogP contribution in [0.4, 0.5) is 0 Å². The van der Waals surface area contributed by atoms with Gasteiger partial charge in [0, 0.05) is 6.54 Å². The summed E-state index contributed by atoms with van der Waals surface area (Å²) in [6.07, 6.45) is 0. The van der Waals surface area contributed by atoms with Crippen molar-refractivity contribution in [3.8, 4) is 0 Å². The fourth-order valence-electron chi connectivity index (χ4n) is 2.10. The van der Waals surface area contributed by atoms with Crippen LogP contribution in [0, 0.1) is 13.8 Å². The Hall–Kier alpha value is -1.64. The van der Waals surface area contributed by atoms with E-state index in [2.05, 4.69) is 62.4 Å². The minimum atomic E-state index is -0.610. The first-order chi connectivity index (χ1) is 8.56. The second-order valence-corrected chi connectivity index (χ2v) is 4.91. The van der Waals surface area contributed by atoms with E-state index in [0.717, 1.165) is 11.1 Å². The predicted molar refractivity (Wildman–Crippen MR) is 76.4 cm³/mol. The summed E-state index contributed by atoms with van der Waals surface area (Å²) in [5.74, 6) is 0. The second-order valence-electron chi connectivity index (χ2n) is 4.91. The predicted octanol–water partition coefficient (Wildman–Crippen LogP) is 2.46. The largest absolute Gasteiger partial charge is 0.328 e. The van der Waals surface area contributed by atoms with Crippen LogP contribution in [0.3, 0.4) is 0 Å². The molecule has 0 amide bonds. The van der Waals surface area contributed by atoms with E-state index in [1.807, 2.05) is 0 Å². The van der Waals surface area contributed by atoms with Crippen LogP contribution in [0.15, 0.2) is 48.5 Å². The summed E-state index contributed by atoms with van der Waals surface area (Å²) < 4.78 is 0. The van der Waals surface area contributed by atoms with Gasteiger partial charge in [-0.3, -0.25) is 0 Å². The van der Waals surface area contributed by atoms with Crippen LogP contribution in [0.2, 0.25) is 0 Å². The summed E-state index contributed by atoms with van der Waals surface area (Å²) in [6.45, 7) is 4.52. The minimum Gasteiger partial charge on any atom is -0.328 e. The Balaban J connectivity index is 2.47. The van der Waals surface area contributed by atoms with Crippen molar-refractivity contribution in [2.75, 3.05) is 6.54 Å². The molecule has 0 fully saturated rings. The van der Waals surface area contributed by atoms with Crippen LogP contribution in [0.1, 0.15) is 22.3 Å². The Bertz CT molecular complexity index is 466. The van der Waals surface area contributed by atoms with Crippen molar-refractivity contribution in [3.63, 3.8) is 0 Å². The third kappa shape index (κ3) is 2.30. The van der Waals surface area contributed by atoms with Gasteiger partial charge in [-0.2, -0.15) is 0 Å². The molecule has 0 aliphatic carbocycles. The summed E-state index contributed by atoms with van der Waals surface area (Å²) in [5.41, 5.74) is 16.4. The van der Waals surface area contributed by atoms with Crippen LogP contribution < -0.4 is 11.5 Å². The fourth-order valence-corrected chi connectivity index (χ4v) is 2.10. The van der Waals surface area contributed by atoms with Gasteiger partial charge >= 0.3 is 0 Å². The molecule has 0 aliphatic heterocycles. The molecule has 18 heavy (non-hydrogen) atoms. The highest BCUT2D eigenvalue weighted by molar-refractivity contribution is 5.40. The van der Waals surface area contributed by atoms with Crippen LogP contribution >= 0.6 is 0 Å². The molecule has 0 saturated heterocycles. The van der Waals surface area contributed by atoms with Crippen molar-refractivity contribution >= 4 is 0 Å². The molecule has 0 atom stereocenters. The average Bonchev–Trinajstić information content (AvgIpc) is 2.39. The molecule has 2 heteroatoms. The van der Waals surface area contributed by atoms with Gasteiger partial charge < -0.3 is 11.5 Å². The van der Waals surface area contributed by atoms with Crippen molar-refractivity contribution in [1.82, 2.24) is 0 Å². The van der Waals surface area contributed by atoms with Gasteiger partial charge in [0.25, 0.3) is 0 Å². The first-order valence-corrected chi connectivity index (χ1v) is 6.19. The summed E-state index contributed by atoms with van der Waals surface area (Å²) >= 11 is 0. The lowest BCUT2D eigenvalue weighted by Gasteiger charge is -2.29. The van der Waals surface area contributed by atoms with E-state index in [4.69, 9.17) is 11.5 Å². The summed E-state index contributed by atoms with van der Waals surface area (Å²) in [5, 5.41) is 0. The van der Waals surface area contributed by atoms with Gasteiger partial charge in [-0.15, -0.1) is 0 Å². The highest BCUT2D eigenvalue weighted by atomic mass is 14.8. The Kier molecular flexibility index (Phi) is 3.50. The van der Waals surface area contributed by atoms with Gasteiger partial charge in [0.15, 0.2) is 0 Å². The quantitative estimate of drug-likeness (QED) is 0.866. The number of nitrogens with two attached hydrogens (primary N) is 2. The van der Waals surface area contributed by atoms with Crippen LogP contribution in [0.5, 0.6) is 0 Å². The molecular weight excluding hydrogens is 220 g/mol. The topological polar surface area (TPSA) is 52.0 Å². The SMILES string of the molecule is Cc1ccc(C(N)(CN)c2ccc(C)cc2)cc1. The molecule has 0 aromatic heterocycles. The molecule has 0 radical (unpaired) electrons. The smallest absolute Gasteiger partial charge is 0.0789 e. The van der Waals surface area contributed by atoms with Crippen LogP contribution in [-0.4, -0.2) is 6.54 Å². The molecule has 2 rings (SSSR count). The fraction of sp³-hybridized carbons (Fsp3) is 0.250. The first-order valence-electron chi connectivity index (χ1n) is 6.19. The number of aryl methyl sites for hydroxylation is 2. The zero-order valence-electron chi connectivity index (χ0n) is 11.0. The zero-order valence-corrected chi connectivity index (χ0v) is 11.0. The Morgan fingerprint density at radius 1 is 0.778 bits per heavy atom. The third-order valence-corrected chi connectivity index (χ3v) is 3.46. The molecule has 0 bridgehead atoms. The number of benzene rings is 2. The number of hydrogen-bond acceptors (Lipinski definition) is 2. The van der Waals surface area contributed by atoms with Crippen molar-refractivity contribution in [2.24, 2.45) is 11.5 Å². The molecule has 4 N–H and O–H groups in total. The Morgan fingerprint density at radius 2 is 1.11 bits per heavy atom. The lowest BCUT2D eigenvalue weighted by atomic mass is 9.83. The molecular formula is C16H20N2. The van der Waals surface area contributed by atoms with E-state index >= 15 is 0 Å². The first kappa shape index (κ1) is 12.8. The molecule has 0 unspecified atom stereocenters. The molecule has 0 aliphatic rings. The lowest BCUT2D eigenvalue weighted by molar-refractivity contribution is 0.551. The van der Waals surface area contributed by atoms with Crippen molar-refractivity contribution in [1.29, 1.82) is 0 Å². The van der Waals surface area contributed by atoms with Crippen LogP contribution in [0.25, 0.3) is 0 Å². The normalized spacial score (nSPS) is 11.6. The van der Waals surface area contributed by atoms with Crippen molar-refractivity contribution < 1.29 is 0 Å². The van der Waals surface area contributed by atoms with E-state index in [1.165, 1.54) is 11.1 Å². The van der Waals surface area contributed by atoms with E-state index in [1.54, 1.807) is 0 Å². The monoisotopic (exact) mass is 240 g/mol. The highest BCUT2D eigenvalue weighted by Crippen LogP contribution is 2.26. The molecule has 94 valence electrons. The van der Waals surface area contributed by atoms with E-state index in [0.29, 0.717) is 6.54 Å². The molecule has 0 spiro atoms. The second kappa shape index (κ2) is 4.92. The molecule has 2 aromatic carbocycles. The Morgan fingerprint density at radius 3 is 1.39 bits per heavy atom. The molecule has 2 nitrogen and oxygen atoms in total. The van der Waals surface area contributed by atoms with Gasteiger partial charge in [-0.25, -0.2) is 0 Å². The van der Waals surface area contributed by atoms with Gasteiger partial charge in [0.2, 0.25) is 0 Å². The maximum absolute atomic E-state index is 6.52. The van der Waals surface area contributed by atoms with E-state index in [9.17, 15) is 0 Å². The van der Waals surface area contributed by atoms with E-state index < -0.39 is 5.54 Å². The lowest BCUT2D eigenvalue weighted by Crippen LogP contribution is -2.45. The standard InChI is InChI=1S/C16H20N2/c1-12-3-7-14(8-4-12)16(18,11-17)15-9-5-13(2)6-10-15/h3-10H,11,17-18H2,1-2H3. The average molecular weight is 240 g/mol. The van der Waals surface area contributed by atoms with Gasteiger partial charge in [0.05, 0.1) is 5.54 Å². The number of rotatable bonds is 3. The van der Waals surface area contributed by atoms with Gasteiger partial charge in [-0.1, -0.05) is 59.7 Å². The number of hydrogen-bond donors (Lipinski definition) is 2. The van der Waals surface area contributed by atoms with Gasteiger partial charge in [-0.05, 0) is 25.0 Å². The summed E-state index contributed by atoms with van der Waals surface area (Å²) in [7, 11) is 0. The molecule has 2 aromatic rings. The maximum Gasteiger partial charge on any atom is 0.0789 e. The van der Waals surface area contributed by atoms with Crippen LogP contribution in [-0.2, 0) is 5.54 Å². The summed E-state index contributed by atoms with van der Waals surface area (Å²) in [6, 6.07) is 16.5. The van der Waals surface area contributed by atoms with Gasteiger partial charge in [0.1, 0.15) is 0 Å². The Labute approximate surface area is 109 Å². The summed E-state index contributed by atoms with van der Waals surface area (Å²) in [4.78, 5) is 0. The van der Waals surface area contributed by atoms with E-state index in [-0.39, 0.29) is 0 Å². The third-order valence-electron chi connectivity index (χ3n) is 3.46. The maximum atomic E-state index is 6.52. The van der Waals surface area contributed by atoms with Crippen molar-refractivity contribution in [3.05, 3.63) is 70.8 Å². The highest BCUT2D eigenvalue weighted by Gasteiger charge is 2.27. The van der Waals surface area contributed by atoms with Crippen molar-refractivity contribution in [2.45, 2.75) is 19.4 Å². The molecule has 0 saturated carbocycles. The minimum absolute atomic E-state index is 0.388.